The van der Waals surface area contributed by atoms with Gasteiger partial charge in [0.2, 0.25) is 0 Å². The van der Waals surface area contributed by atoms with E-state index in [4.69, 9.17) is 0 Å². The van der Waals surface area contributed by atoms with E-state index in [1.54, 1.807) is 12.1 Å². The van der Waals surface area contributed by atoms with Gasteiger partial charge in [-0.25, -0.2) is 4.79 Å². The molecular weight excluding hydrogens is 278 g/mol. The molecule has 0 bridgehead atoms. The lowest BCUT2D eigenvalue weighted by atomic mass is 9.96. The highest BCUT2D eigenvalue weighted by Gasteiger charge is 2.24. The summed E-state index contributed by atoms with van der Waals surface area (Å²) in [6.07, 6.45) is 1.99. The maximum absolute atomic E-state index is 12.2. The molecule has 1 saturated carbocycles. The molecule has 2 aromatic rings. The molecule has 0 aliphatic heterocycles. The Kier molecular flexibility index (Phi) is 3.67. The Balaban J connectivity index is 2.05. The Morgan fingerprint density at radius 1 is 1.09 bits per heavy atom. The van der Waals surface area contributed by atoms with Crippen LogP contribution in [0.5, 0.6) is 0 Å². The first kappa shape index (κ1) is 14.3. The largest absolute Gasteiger partial charge is 0.478 e. The van der Waals surface area contributed by atoms with Gasteiger partial charge in [-0.1, -0.05) is 24.3 Å². The molecule has 0 heterocycles. The van der Waals surface area contributed by atoms with Crippen molar-refractivity contribution in [2.75, 3.05) is 0 Å². The maximum Gasteiger partial charge on any atom is 0.335 e. The van der Waals surface area contributed by atoms with Crippen LogP contribution in [0.1, 0.15) is 39.1 Å². The van der Waals surface area contributed by atoms with Crippen molar-refractivity contribution in [2.45, 2.75) is 25.8 Å². The molecule has 1 fully saturated rings. The zero-order chi connectivity index (χ0) is 15.7. The fourth-order valence-corrected chi connectivity index (χ4v) is 2.43. The van der Waals surface area contributed by atoms with Gasteiger partial charge in [0, 0.05) is 11.6 Å². The van der Waals surface area contributed by atoms with Crippen LogP contribution in [0.3, 0.4) is 0 Å². The second kappa shape index (κ2) is 5.64. The van der Waals surface area contributed by atoms with Gasteiger partial charge < -0.3 is 10.4 Å². The Morgan fingerprint density at radius 3 is 2.41 bits per heavy atom. The molecule has 0 saturated heterocycles. The van der Waals surface area contributed by atoms with Crippen molar-refractivity contribution in [3.05, 3.63) is 59.2 Å². The Hall–Kier alpha value is -2.62. The van der Waals surface area contributed by atoms with Crippen LogP contribution in [0.2, 0.25) is 0 Å². The quantitative estimate of drug-likeness (QED) is 0.910. The minimum Gasteiger partial charge on any atom is -0.478 e. The summed E-state index contributed by atoms with van der Waals surface area (Å²) in [6, 6.07) is 12.8. The molecule has 2 aromatic carbocycles. The second-order valence-corrected chi connectivity index (χ2v) is 5.67. The third-order valence-electron chi connectivity index (χ3n) is 3.81. The van der Waals surface area contributed by atoms with Gasteiger partial charge in [0.15, 0.2) is 0 Å². The molecule has 1 amide bonds. The SMILES string of the molecule is Cc1ccccc1-c1cc(C(=O)O)cc(C(=O)NC2CC2)c1. The third-order valence-corrected chi connectivity index (χ3v) is 3.81. The van der Waals surface area contributed by atoms with E-state index in [-0.39, 0.29) is 17.5 Å². The normalized spacial score (nSPS) is 13.7. The maximum atomic E-state index is 12.2. The topological polar surface area (TPSA) is 66.4 Å². The number of hydrogen-bond acceptors (Lipinski definition) is 2. The van der Waals surface area contributed by atoms with E-state index in [9.17, 15) is 14.7 Å². The molecule has 3 rings (SSSR count). The molecule has 0 radical (unpaired) electrons. The van der Waals surface area contributed by atoms with Gasteiger partial charge in [-0.15, -0.1) is 0 Å². The van der Waals surface area contributed by atoms with Crippen LogP contribution in [-0.4, -0.2) is 23.0 Å². The van der Waals surface area contributed by atoms with Crippen molar-refractivity contribution in [3.8, 4) is 11.1 Å². The van der Waals surface area contributed by atoms with E-state index < -0.39 is 5.97 Å². The summed E-state index contributed by atoms with van der Waals surface area (Å²) in [6.45, 7) is 1.96. The standard InChI is InChI=1S/C18H17NO3/c1-11-4-2-3-5-16(11)12-8-13(10-14(9-12)18(21)22)17(20)19-15-6-7-15/h2-5,8-10,15H,6-7H2,1H3,(H,19,20)(H,21,22). The lowest BCUT2D eigenvalue weighted by Crippen LogP contribution is -2.25. The lowest BCUT2D eigenvalue weighted by molar-refractivity contribution is 0.0697. The van der Waals surface area contributed by atoms with Crippen molar-refractivity contribution in [2.24, 2.45) is 0 Å². The number of benzene rings is 2. The fraction of sp³-hybridized carbons (Fsp3) is 0.222. The molecule has 112 valence electrons. The summed E-state index contributed by atoms with van der Waals surface area (Å²) < 4.78 is 0. The number of aryl methyl sites for hydroxylation is 1. The highest BCUT2D eigenvalue weighted by atomic mass is 16.4. The number of amides is 1. The summed E-state index contributed by atoms with van der Waals surface area (Å²) in [5.41, 5.74) is 3.25. The number of carbonyl (C=O) groups excluding carboxylic acids is 1. The molecule has 0 atom stereocenters. The summed E-state index contributed by atoms with van der Waals surface area (Å²) in [5.74, 6) is -1.24. The van der Waals surface area contributed by atoms with Crippen LogP contribution in [0, 0.1) is 6.92 Å². The minimum atomic E-state index is -1.03. The van der Waals surface area contributed by atoms with E-state index >= 15 is 0 Å². The minimum absolute atomic E-state index is 0.127. The molecule has 1 aliphatic rings. The van der Waals surface area contributed by atoms with Crippen LogP contribution >= 0.6 is 0 Å². The first-order valence-electron chi connectivity index (χ1n) is 7.30. The lowest BCUT2D eigenvalue weighted by Gasteiger charge is -2.10. The number of nitrogens with one attached hydrogen (secondary N) is 1. The Morgan fingerprint density at radius 2 is 1.77 bits per heavy atom. The first-order chi connectivity index (χ1) is 10.5. The van der Waals surface area contributed by atoms with Crippen LogP contribution < -0.4 is 5.32 Å². The summed E-state index contributed by atoms with van der Waals surface area (Å²) in [7, 11) is 0. The van der Waals surface area contributed by atoms with Gasteiger partial charge >= 0.3 is 5.97 Å². The summed E-state index contributed by atoms with van der Waals surface area (Å²) >= 11 is 0. The zero-order valence-electron chi connectivity index (χ0n) is 12.3. The van der Waals surface area contributed by atoms with Crippen molar-refractivity contribution < 1.29 is 14.7 Å². The van der Waals surface area contributed by atoms with Crippen molar-refractivity contribution in [3.63, 3.8) is 0 Å². The van der Waals surface area contributed by atoms with Gasteiger partial charge in [-0.2, -0.15) is 0 Å². The van der Waals surface area contributed by atoms with Gasteiger partial charge in [-0.05, 0) is 54.7 Å². The third kappa shape index (κ3) is 3.01. The number of carboxylic acid groups (broad SMARTS) is 1. The molecular formula is C18H17NO3. The average molecular weight is 295 g/mol. The smallest absolute Gasteiger partial charge is 0.335 e. The van der Waals surface area contributed by atoms with Gasteiger partial charge in [0.1, 0.15) is 0 Å². The van der Waals surface area contributed by atoms with Crippen LogP contribution in [0.25, 0.3) is 11.1 Å². The van der Waals surface area contributed by atoms with Crippen molar-refractivity contribution in [1.82, 2.24) is 5.32 Å². The van der Waals surface area contributed by atoms with Crippen molar-refractivity contribution in [1.29, 1.82) is 0 Å². The van der Waals surface area contributed by atoms with Gasteiger partial charge in [0.05, 0.1) is 5.56 Å². The summed E-state index contributed by atoms with van der Waals surface area (Å²) in [4.78, 5) is 23.6. The zero-order valence-corrected chi connectivity index (χ0v) is 12.3. The fourth-order valence-electron chi connectivity index (χ4n) is 2.43. The van der Waals surface area contributed by atoms with Crippen LogP contribution in [-0.2, 0) is 0 Å². The number of carboxylic acids is 1. The number of rotatable bonds is 4. The van der Waals surface area contributed by atoms with E-state index in [1.807, 2.05) is 31.2 Å². The number of hydrogen-bond donors (Lipinski definition) is 2. The molecule has 2 N–H and O–H groups in total. The highest BCUT2D eigenvalue weighted by Crippen LogP contribution is 2.26. The number of aromatic carboxylic acids is 1. The van der Waals surface area contributed by atoms with E-state index in [2.05, 4.69) is 5.32 Å². The second-order valence-electron chi connectivity index (χ2n) is 5.67. The van der Waals surface area contributed by atoms with Crippen molar-refractivity contribution >= 4 is 11.9 Å². The predicted octanol–water partition coefficient (Wildman–Crippen LogP) is 3.25. The van der Waals surface area contributed by atoms with Gasteiger partial charge in [0.25, 0.3) is 5.91 Å². The average Bonchev–Trinajstić information content (AvgIpc) is 3.31. The molecule has 1 aliphatic carbocycles. The molecule has 22 heavy (non-hydrogen) atoms. The molecule has 4 nitrogen and oxygen atoms in total. The molecule has 0 aromatic heterocycles. The van der Waals surface area contributed by atoms with Gasteiger partial charge in [-0.3, -0.25) is 4.79 Å². The van der Waals surface area contributed by atoms with E-state index in [1.165, 1.54) is 6.07 Å². The monoisotopic (exact) mass is 295 g/mol. The Bertz CT molecular complexity index is 748. The highest BCUT2D eigenvalue weighted by molar-refractivity contribution is 5.99. The Labute approximate surface area is 128 Å². The van der Waals surface area contributed by atoms with Crippen LogP contribution in [0.4, 0.5) is 0 Å². The number of carbonyl (C=O) groups is 2. The first-order valence-corrected chi connectivity index (χ1v) is 7.30. The van der Waals surface area contributed by atoms with Crippen LogP contribution in [0.15, 0.2) is 42.5 Å². The summed E-state index contributed by atoms with van der Waals surface area (Å²) in [5, 5.41) is 12.2. The van der Waals surface area contributed by atoms with E-state index in [0.29, 0.717) is 5.56 Å². The molecule has 0 unspecified atom stereocenters. The molecule has 0 spiro atoms. The molecule has 4 heteroatoms. The predicted molar refractivity (Wildman–Crippen MR) is 84.1 cm³/mol. The van der Waals surface area contributed by atoms with E-state index in [0.717, 1.165) is 29.5 Å².